The first kappa shape index (κ1) is 14.2. The average Bonchev–Trinajstić information content (AvgIpc) is 2.71. The molecule has 0 saturated carbocycles. The van der Waals surface area contributed by atoms with E-state index in [-0.39, 0.29) is 10.7 Å². The van der Waals surface area contributed by atoms with Gasteiger partial charge in [0.2, 0.25) is 0 Å². The maximum absolute atomic E-state index is 14.0. The second-order valence-corrected chi connectivity index (χ2v) is 6.71. The van der Waals surface area contributed by atoms with Crippen molar-refractivity contribution in [3.8, 4) is 10.7 Å². The van der Waals surface area contributed by atoms with E-state index in [2.05, 4.69) is 25.9 Å². The fourth-order valence-electron chi connectivity index (χ4n) is 1.80. The second-order valence-electron chi connectivity index (χ2n) is 4.18. The van der Waals surface area contributed by atoms with Crippen LogP contribution in [0.2, 0.25) is 10.2 Å². The highest BCUT2D eigenvalue weighted by atomic mass is 79.9. The molecule has 2 heterocycles. The topological polar surface area (TPSA) is 25.8 Å². The molecule has 0 unspecified atom stereocenters. The van der Waals surface area contributed by atoms with Crippen molar-refractivity contribution in [2.75, 3.05) is 0 Å². The second kappa shape index (κ2) is 5.22. The van der Waals surface area contributed by atoms with Gasteiger partial charge in [0.15, 0.2) is 11.6 Å². The van der Waals surface area contributed by atoms with E-state index >= 15 is 0 Å². The number of benzene rings is 1. The fraction of sp³-hybridized carbons (Fsp3) is 0.0769. The van der Waals surface area contributed by atoms with Crippen LogP contribution in [0.15, 0.2) is 22.0 Å². The Morgan fingerprint density at radius 3 is 2.65 bits per heavy atom. The standard InChI is InChI=1S/C13H6BrCl2FN2S/c1-5-4-20-11(9(5)15)13-18-10-7(12(16)19-13)2-6(14)3-8(10)17/h2-4H,1H3. The third-order valence-corrected chi connectivity index (χ3v) is 5.21. The van der Waals surface area contributed by atoms with Gasteiger partial charge in [-0.15, -0.1) is 11.3 Å². The Balaban J connectivity index is 2.32. The molecule has 3 rings (SSSR count). The molecule has 3 aromatic rings. The number of nitrogens with zero attached hydrogens (tertiary/aromatic N) is 2. The molecule has 0 bridgehead atoms. The number of hydrogen-bond donors (Lipinski definition) is 0. The summed E-state index contributed by atoms with van der Waals surface area (Å²) in [5.74, 6) is -0.115. The highest BCUT2D eigenvalue weighted by Crippen LogP contribution is 2.36. The molecule has 1 aromatic carbocycles. The van der Waals surface area contributed by atoms with E-state index in [1.807, 2.05) is 12.3 Å². The molecule has 2 aromatic heterocycles. The van der Waals surface area contributed by atoms with Gasteiger partial charge >= 0.3 is 0 Å². The lowest BCUT2D eigenvalue weighted by Gasteiger charge is -2.05. The third-order valence-electron chi connectivity index (χ3n) is 2.77. The first-order valence-corrected chi connectivity index (χ1v) is 7.96. The summed E-state index contributed by atoms with van der Waals surface area (Å²) in [5.41, 5.74) is 1.12. The van der Waals surface area contributed by atoms with Crippen LogP contribution in [0.3, 0.4) is 0 Å². The summed E-state index contributed by atoms with van der Waals surface area (Å²) in [4.78, 5) is 9.17. The highest BCUT2D eigenvalue weighted by Gasteiger charge is 2.16. The minimum atomic E-state index is -0.454. The van der Waals surface area contributed by atoms with Crippen LogP contribution in [0.4, 0.5) is 4.39 Å². The number of thiophene rings is 1. The number of rotatable bonds is 1. The van der Waals surface area contributed by atoms with Gasteiger partial charge in [0.1, 0.15) is 10.7 Å². The van der Waals surface area contributed by atoms with Crippen LogP contribution in [0.5, 0.6) is 0 Å². The largest absolute Gasteiger partial charge is 0.224 e. The number of aryl methyl sites for hydroxylation is 1. The van der Waals surface area contributed by atoms with Gasteiger partial charge in [0.05, 0.1) is 9.90 Å². The Bertz CT molecular complexity index is 835. The van der Waals surface area contributed by atoms with Gasteiger partial charge in [0, 0.05) is 9.86 Å². The van der Waals surface area contributed by atoms with E-state index in [9.17, 15) is 4.39 Å². The normalized spacial score (nSPS) is 11.2. The number of aromatic nitrogens is 2. The maximum Gasteiger partial charge on any atom is 0.173 e. The van der Waals surface area contributed by atoms with Crippen molar-refractivity contribution in [2.24, 2.45) is 0 Å². The van der Waals surface area contributed by atoms with E-state index < -0.39 is 5.82 Å². The minimum Gasteiger partial charge on any atom is -0.224 e. The molecule has 7 heteroatoms. The number of halogens is 4. The van der Waals surface area contributed by atoms with Crippen LogP contribution in [0, 0.1) is 12.7 Å². The molecule has 0 fully saturated rings. The zero-order valence-corrected chi connectivity index (χ0v) is 14.0. The maximum atomic E-state index is 14.0. The Morgan fingerprint density at radius 1 is 1.25 bits per heavy atom. The van der Waals surface area contributed by atoms with Gasteiger partial charge in [-0.3, -0.25) is 0 Å². The van der Waals surface area contributed by atoms with Crippen LogP contribution in [-0.4, -0.2) is 9.97 Å². The Kier molecular flexibility index (Phi) is 3.71. The van der Waals surface area contributed by atoms with Gasteiger partial charge in [-0.05, 0) is 30.0 Å². The molecule has 0 saturated heterocycles. The Hall–Kier alpha value is -0.750. The molecular weight excluding hydrogens is 386 g/mol. The van der Waals surface area contributed by atoms with Gasteiger partial charge in [0.25, 0.3) is 0 Å². The molecule has 2 nitrogen and oxygen atoms in total. The fourth-order valence-corrected chi connectivity index (χ4v) is 3.67. The summed E-state index contributed by atoms with van der Waals surface area (Å²) < 4.78 is 14.6. The molecule has 0 amide bonds. The lowest BCUT2D eigenvalue weighted by atomic mass is 10.2. The predicted octanol–water partition coefficient (Wildman–Crippen LogP) is 5.88. The van der Waals surface area contributed by atoms with Crippen molar-refractivity contribution in [2.45, 2.75) is 6.92 Å². The average molecular weight is 392 g/mol. The molecule has 0 aliphatic rings. The van der Waals surface area contributed by atoms with E-state index in [0.29, 0.717) is 25.6 Å². The summed E-state index contributed by atoms with van der Waals surface area (Å²) >= 11 is 17.0. The van der Waals surface area contributed by atoms with E-state index in [4.69, 9.17) is 23.2 Å². The van der Waals surface area contributed by atoms with Crippen molar-refractivity contribution in [1.82, 2.24) is 9.97 Å². The van der Waals surface area contributed by atoms with Crippen LogP contribution in [0.1, 0.15) is 5.56 Å². The lowest BCUT2D eigenvalue weighted by molar-refractivity contribution is 0.636. The van der Waals surface area contributed by atoms with E-state index in [0.717, 1.165) is 5.56 Å². The van der Waals surface area contributed by atoms with E-state index in [1.54, 1.807) is 6.07 Å². The summed E-state index contributed by atoms with van der Waals surface area (Å²) in [6.45, 7) is 1.89. The molecule has 0 N–H and O–H groups in total. The minimum absolute atomic E-state index is 0.185. The van der Waals surface area contributed by atoms with Gasteiger partial charge in [-0.1, -0.05) is 39.1 Å². The molecular formula is C13H6BrCl2FN2S. The smallest absolute Gasteiger partial charge is 0.173 e. The summed E-state index contributed by atoms with van der Waals surface area (Å²) in [6.07, 6.45) is 0. The lowest BCUT2D eigenvalue weighted by Crippen LogP contribution is -1.93. The molecule has 0 atom stereocenters. The molecule has 20 heavy (non-hydrogen) atoms. The molecule has 0 spiro atoms. The van der Waals surface area contributed by atoms with Crippen molar-refractivity contribution in [3.63, 3.8) is 0 Å². The zero-order valence-electron chi connectivity index (χ0n) is 10.0. The highest BCUT2D eigenvalue weighted by molar-refractivity contribution is 9.10. The summed E-state index contributed by atoms with van der Waals surface area (Å²) in [7, 11) is 0. The molecule has 102 valence electrons. The quantitative estimate of drug-likeness (QED) is 0.484. The first-order chi connectivity index (χ1) is 9.47. The van der Waals surface area contributed by atoms with Gasteiger partial charge in [-0.2, -0.15) is 0 Å². The van der Waals surface area contributed by atoms with Crippen LogP contribution >= 0.6 is 50.5 Å². The Morgan fingerprint density at radius 2 is 2.00 bits per heavy atom. The van der Waals surface area contributed by atoms with Gasteiger partial charge < -0.3 is 0 Å². The number of fused-ring (bicyclic) bond motifs is 1. The molecule has 0 radical (unpaired) electrons. The van der Waals surface area contributed by atoms with Crippen LogP contribution in [0.25, 0.3) is 21.6 Å². The predicted molar refractivity (Wildman–Crippen MR) is 85.3 cm³/mol. The number of hydrogen-bond acceptors (Lipinski definition) is 3. The molecule has 0 aliphatic heterocycles. The summed E-state index contributed by atoms with van der Waals surface area (Å²) in [5, 5.41) is 3.14. The first-order valence-electron chi connectivity index (χ1n) is 5.53. The molecule has 0 aliphatic carbocycles. The Labute approximate surface area is 136 Å². The third kappa shape index (κ3) is 2.33. The van der Waals surface area contributed by atoms with Crippen LogP contribution in [-0.2, 0) is 0 Å². The van der Waals surface area contributed by atoms with Crippen molar-refractivity contribution < 1.29 is 4.39 Å². The summed E-state index contributed by atoms with van der Waals surface area (Å²) in [6, 6.07) is 3.03. The van der Waals surface area contributed by atoms with Gasteiger partial charge in [-0.25, -0.2) is 14.4 Å². The monoisotopic (exact) mass is 390 g/mol. The van der Waals surface area contributed by atoms with E-state index in [1.165, 1.54) is 17.4 Å². The zero-order chi connectivity index (χ0) is 14.4. The van der Waals surface area contributed by atoms with Crippen molar-refractivity contribution in [3.05, 3.63) is 43.5 Å². The van der Waals surface area contributed by atoms with Crippen molar-refractivity contribution >= 4 is 61.4 Å². The van der Waals surface area contributed by atoms with Crippen LogP contribution < -0.4 is 0 Å². The van der Waals surface area contributed by atoms with Crippen molar-refractivity contribution in [1.29, 1.82) is 0 Å². The SMILES string of the molecule is Cc1csc(-c2nc(Cl)c3cc(Br)cc(F)c3n2)c1Cl.